The standard InChI is InChI=1S/C18H29N5O/c1-19-17(22-10-7-18(13-22)8-11-24-14-18)20-12-15-6-9-23(21-15)16-4-2-3-5-16/h6,9,16H,2-5,7-8,10-14H2,1H3,(H,19,20). The van der Waals surface area contributed by atoms with Gasteiger partial charge in [0.15, 0.2) is 5.96 Å². The summed E-state index contributed by atoms with van der Waals surface area (Å²) in [5.41, 5.74) is 1.46. The van der Waals surface area contributed by atoms with Gasteiger partial charge in [0.05, 0.1) is 24.9 Å². The van der Waals surface area contributed by atoms with Crippen molar-refractivity contribution < 1.29 is 4.74 Å². The first kappa shape index (κ1) is 15.9. The number of ether oxygens (including phenoxy) is 1. The van der Waals surface area contributed by atoms with E-state index in [2.05, 4.69) is 32.2 Å². The molecular formula is C18H29N5O. The Balaban J connectivity index is 1.32. The Labute approximate surface area is 144 Å². The molecule has 1 spiro atoms. The number of nitrogens with zero attached hydrogens (tertiary/aromatic N) is 4. The molecule has 1 aromatic rings. The van der Waals surface area contributed by atoms with Gasteiger partial charge in [0.2, 0.25) is 0 Å². The fraction of sp³-hybridized carbons (Fsp3) is 0.778. The van der Waals surface area contributed by atoms with Gasteiger partial charge in [-0.25, -0.2) is 0 Å². The van der Waals surface area contributed by atoms with Gasteiger partial charge in [-0.15, -0.1) is 0 Å². The summed E-state index contributed by atoms with van der Waals surface area (Å²) in [5.74, 6) is 0.995. The zero-order valence-corrected chi connectivity index (χ0v) is 14.7. The average Bonchev–Trinajstić information content (AvgIpc) is 3.37. The summed E-state index contributed by atoms with van der Waals surface area (Å²) in [5, 5.41) is 8.25. The van der Waals surface area contributed by atoms with Crippen molar-refractivity contribution in [3.8, 4) is 0 Å². The summed E-state index contributed by atoms with van der Waals surface area (Å²) in [6.45, 7) is 4.69. The number of aliphatic imine (C=N–C) groups is 1. The molecule has 132 valence electrons. The second-order valence-corrected chi connectivity index (χ2v) is 7.60. The summed E-state index contributed by atoms with van der Waals surface area (Å²) in [6, 6.07) is 2.74. The van der Waals surface area contributed by atoms with E-state index in [9.17, 15) is 0 Å². The van der Waals surface area contributed by atoms with Gasteiger partial charge in [-0.05, 0) is 31.7 Å². The number of hydrogen-bond acceptors (Lipinski definition) is 3. The largest absolute Gasteiger partial charge is 0.381 e. The van der Waals surface area contributed by atoms with E-state index in [-0.39, 0.29) is 0 Å². The third-order valence-electron chi connectivity index (χ3n) is 5.92. The van der Waals surface area contributed by atoms with Crippen LogP contribution in [0.15, 0.2) is 17.3 Å². The minimum atomic E-state index is 0.363. The highest BCUT2D eigenvalue weighted by Gasteiger charge is 2.42. The lowest BCUT2D eigenvalue weighted by Gasteiger charge is -2.24. The number of likely N-dealkylation sites (tertiary alicyclic amines) is 1. The Hall–Kier alpha value is -1.56. The molecule has 3 aliphatic rings. The minimum Gasteiger partial charge on any atom is -0.381 e. The van der Waals surface area contributed by atoms with Gasteiger partial charge < -0.3 is 15.0 Å². The monoisotopic (exact) mass is 331 g/mol. The van der Waals surface area contributed by atoms with Crippen molar-refractivity contribution in [2.45, 2.75) is 51.1 Å². The molecular weight excluding hydrogens is 302 g/mol. The molecule has 2 aliphatic heterocycles. The van der Waals surface area contributed by atoms with E-state index in [1.165, 1.54) is 38.5 Å². The third-order valence-corrected chi connectivity index (χ3v) is 5.92. The van der Waals surface area contributed by atoms with Gasteiger partial charge in [-0.2, -0.15) is 5.10 Å². The molecule has 1 saturated carbocycles. The molecule has 2 saturated heterocycles. The van der Waals surface area contributed by atoms with E-state index in [1.807, 2.05) is 7.05 Å². The molecule has 1 unspecified atom stereocenters. The van der Waals surface area contributed by atoms with Gasteiger partial charge in [0, 0.05) is 38.4 Å². The second-order valence-electron chi connectivity index (χ2n) is 7.60. The first-order valence-electron chi connectivity index (χ1n) is 9.35. The molecule has 6 nitrogen and oxygen atoms in total. The lowest BCUT2D eigenvalue weighted by Crippen LogP contribution is -2.41. The molecule has 3 heterocycles. The molecule has 3 fully saturated rings. The van der Waals surface area contributed by atoms with E-state index in [4.69, 9.17) is 9.84 Å². The Morgan fingerprint density at radius 2 is 2.29 bits per heavy atom. The number of nitrogens with one attached hydrogen (secondary N) is 1. The molecule has 1 atom stereocenters. The average molecular weight is 331 g/mol. The van der Waals surface area contributed by atoms with Crippen LogP contribution >= 0.6 is 0 Å². The molecule has 0 aromatic carbocycles. The molecule has 0 bridgehead atoms. The minimum absolute atomic E-state index is 0.363. The van der Waals surface area contributed by atoms with Crippen molar-refractivity contribution in [1.82, 2.24) is 20.0 Å². The molecule has 1 N–H and O–H groups in total. The zero-order valence-electron chi connectivity index (χ0n) is 14.7. The highest BCUT2D eigenvalue weighted by atomic mass is 16.5. The van der Waals surface area contributed by atoms with Crippen LogP contribution in [0.3, 0.4) is 0 Å². The SMILES string of the molecule is CN=C(NCc1ccn(C2CCCC2)n1)N1CCC2(CCOC2)C1. The molecule has 0 radical (unpaired) electrons. The third kappa shape index (κ3) is 3.16. The number of rotatable bonds is 3. The topological polar surface area (TPSA) is 54.7 Å². The summed E-state index contributed by atoms with van der Waals surface area (Å²) in [7, 11) is 1.87. The van der Waals surface area contributed by atoms with Crippen molar-refractivity contribution in [3.63, 3.8) is 0 Å². The van der Waals surface area contributed by atoms with Crippen LogP contribution in [-0.4, -0.2) is 54.0 Å². The van der Waals surface area contributed by atoms with Crippen LogP contribution < -0.4 is 5.32 Å². The molecule has 1 aliphatic carbocycles. The van der Waals surface area contributed by atoms with Crippen LogP contribution in [0.1, 0.15) is 50.3 Å². The first-order valence-corrected chi connectivity index (χ1v) is 9.35. The number of hydrogen-bond donors (Lipinski definition) is 1. The maximum absolute atomic E-state index is 5.62. The van der Waals surface area contributed by atoms with Gasteiger partial charge in [0.1, 0.15) is 0 Å². The van der Waals surface area contributed by atoms with Crippen molar-refractivity contribution in [3.05, 3.63) is 18.0 Å². The smallest absolute Gasteiger partial charge is 0.193 e. The lowest BCUT2D eigenvalue weighted by atomic mass is 9.87. The molecule has 0 amide bonds. The van der Waals surface area contributed by atoms with Crippen LogP contribution in [-0.2, 0) is 11.3 Å². The van der Waals surface area contributed by atoms with Crippen molar-refractivity contribution >= 4 is 5.96 Å². The van der Waals surface area contributed by atoms with Gasteiger partial charge in [-0.3, -0.25) is 9.67 Å². The quantitative estimate of drug-likeness (QED) is 0.681. The van der Waals surface area contributed by atoms with Crippen molar-refractivity contribution in [2.24, 2.45) is 10.4 Å². The normalized spacial score (nSPS) is 28.4. The Morgan fingerprint density at radius 3 is 3.04 bits per heavy atom. The van der Waals surface area contributed by atoms with E-state index in [0.717, 1.165) is 44.5 Å². The predicted octanol–water partition coefficient (Wildman–Crippen LogP) is 2.19. The fourth-order valence-corrected chi connectivity index (χ4v) is 4.43. The maximum Gasteiger partial charge on any atom is 0.193 e. The van der Waals surface area contributed by atoms with Crippen LogP contribution in [0.2, 0.25) is 0 Å². The number of aromatic nitrogens is 2. The van der Waals surface area contributed by atoms with Gasteiger partial charge in [0.25, 0.3) is 0 Å². The summed E-state index contributed by atoms with van der Waals surface area (Å²) < 4.78 is 7.79. The molecule has 6 heteroatoms. The van der Waals surface area contributed by atoms with E-state index in [1.54, 1.807) is 0 Å². The highest BCUT2D eigenvalue weighted by Crippen LogP contribution is 2.38. The summed E-state index contributed by atoms with van der Waals surface area (Å²) in [6.07, 6.45) is 9.76. The Kier molecular flexibility index (Phi) is 4.48. The summed E-state index contributed by atoms with van der Waals surface area (Å²) >= 11 is 0. The number of guanidine groups is 1. The van der Waals surface area contributed by atoms with Crippen molar-refractivity contribution in [2.75, 3.05) is 33.4 Å². The van der Waals surface area contributed by atoms with E-state index < -0.39 is 0 Å². The Bertz CT molecular complexity index is 584. The van der Waals surface area contributed by atoms with Gasteiger partial charge in [-0.1, -0.05) is 12.8 Å². The van der Waals surface area contributed by atoms with Crippen molar-refractivity contribution in [1.29, 1.82) is 0 Å². The maximum atomic E-state index is 5.62. The molecule has 1 aromatic heterocycles. The van der Waals surface area contributed by atoms with E-state index in [0.29, 0.717) is 11.5 Å². The predicted molar refractivity (Wildman–Crippen MR) is 94.0 cm³/mol. The zero-order chi connectivity index (χ0) is 16.4. The Morgan fingerprint density at radius 1 is 1.42 bits per heavy atom. The van der Waals surface area contributed by atoms with E-state index >= 15 is 0 Å². The highest BCUT2D eigenvalue weighted by molar-refractivity contribution is 5.80. The fourth-order valence-electron chi connectivity index (χ4n) is 4.43. The van der Waals surface area contributed by atoms with Crippen LogP contribution in [0.4, 0.5) is 0 Å². The van der Waals surface area contributed by atoms with Crippen LogP contribution in [0, 0.1) is 5.41 Å². The van der Waals surface area contributed by atoms with Crippen LogP contribution in [0.5, 0.6) is 0 Å². The van der Waals surface area contributed by atoms with Crippen LogP contribution in [0.25, 0.3) is 0 Å². The van der Waals surface area contributed by atoms with Gasteiger partial charge >= 0.3 is 0 Å². The molecule has 24 heavy (non-hydrogen) atoms. The first-order chi connectivity index (χ1) is 11.8. The lowest BCUT2D eigenvalue weighted by molar-refractivity contribution is 0.156. The second kappa shape index (κ2) is 6.75. The summed E-state index contributed by atoms with van der Waals surface area (Å²) in [4.78, 5) is 6.86. The molecule has 4 rings (SSSR count).